The summed E-state index contributed by atoms with van der Waals surface area (Å²) in [7, 11) is 0. The summed E-state index contributed by atoms with van der Waals surface area (Å²) in [6.45, 7) is 4.16. The summed E-state index contributed by atoms with van der Waals surface area (Å²) in [6, 6.07) is 9.99. The number of anilines is 1. The summed E-state index contributed by atoms with van der Waals surface area (Å²) in [4.78, 5) is 0. The summed E-state index contributed by atoms with van der Waals surface area (Å²) in [6.07, 6.45) is 1.85. The van der Waals surface area contributed by atoms with Crippen LogP contribution in [0, 0.1) is 13.8 Å². The molecule has 0 bridgehead atoms. The molecule has 0 saturated carbocycles. The summed E-state index contributed by atoms with van der Waals surface area (Å²) in [5.41, 5.74) is 10.8. The lowest BCUT2D eigenvalue weighted by molar-refractivity contribution is 1.11. The van der Waals surface area contributed by atoms with Crippen LogP contribution in [0.1, 0.15) is 11.1 Å². The molecule has 3 rings (SSSR count). The number of fused-ring (bicyclic) bond motifs is 1. The number of benzene rings is 1. The predicted octanol–water partition coefficient (Wildman–Crippen LogP) is 2.60. The van der Waals surface area contributed by atoms with Gasteiger partial charge in [-0.05, 0) is 31.5 Å². The first-order valence-electron chi connectivity index (χ1n) is 5.83. The Kier molecular flexibility index (Phi) is 2.30. The predicted molar refractivity (Wildman–Crippen MR) is 72.3 cm³/mol. The molecule has 2 aromatic heterocycles. The standard InChI is InChI=1S/C14H14N4/c1-9-3-5-12(10(2)7-9)14-17-16-13-6-4-11(15)8-18(13)14/h3-8H,15H2,1-2H3. The van der Waals surface area contributed by atoms with Gasteiger partial charge in [-0.1, -0.05) is 23.8 Å². The van der Waals surface area contributed by atoms with Crippen LogP contribution in [0.3, 0.4) is 0 Å². The van der Waals surface area contributed by atoms with Crippen molar-refractivity contribution >= 4 is 11.3 Å². The van der Waals surface area contributed by atoms with Crippen molar-refractivity contribution < 1.29 is 0 Å². The number of aryl methyl sites for hydroxylation is 2. The van der Waals surface area contributed by atoms with Crippen LogP contribution in [0.15, 0.2) is 36.5 Å². The molecule has 0 saturated heterocycles. The largest absolute Gasteiger partial charge is 0.398 e. The maximum atomic E-state index is 5.82. The van der Waals surface area contributed by atoms with E-state index in [1.54, 1.807) is 0 Å². The van der Waals surface area contributed by atoms with Crippen LogP contribution in [0.4, 0.5) is 5.69 Å². The molecule has 0 amide bonds. The van der Waals surface area contributed by atoms with E-state index in [0.717, 1.165) is 17.0 Å². The molecule has 4 heteroatoms. The lowest BCUT2D eigenvalue weighted by Gasteiger charge is -2.05. The van der Waals surface area contributed by atoms with Gasteiger partial charge in [0, 0.05) is 17.4 Å². The molecule has 4 nitrogen and oxygen atoms in total. The number of pyridine rings is 1. The van der Waals surface area contributed by atoms with E-state index < -0.39 is 0 Å². The molecule has 0 aliphatic rings. The van der Waals surface area contributed by atoms with E-state index in [4.69, 9.17) is 5.73 Å². The summed E-state index contributed by atoms with van der Waals surface area (Å²) >= 11 is 0. The van der Waals surface area contributed by atoms with Crippen LogP contribution in [-0.4, -0.2) is 14.6 Å². The van der Waals surface area contributed by atoms with Crippen molar-refractivity contribution in [3.05, 3.63) is 47.7 Å². The van der Waals surface area contributed by atoms with Gasteiger partial charge < -0.3 is 5.73 Å². The quantitative estimate of drug-likeness (QED) is 0.709. The molecule has 0 radical (unpaired) electrons. The molecule has 2 heterocycles. The molecule has 0 unspecified atom stereocenters. The van der Waals surface area contributed by atoms with Crippen molar-refractivity contribution in [2.24, 2.45) is 0 Å². The molecule has 0 spiro atoms. The van der Waals surface area contributed by atoms with Crippen LogP contribution < -0.4 is 5.73 Å². The third kappa shape index (κ3) is 1.62. The van der Waals surface area contributed by atoms with Gasteiger partial charge in [-0.25, -0.2) is 0 Å². The third-order valence-corrected chi connectivity index (χ3v) is 3.05. The van der Waals surface area contributed by atoms with E-state index in [0.29, 0.717) is 5.69 Å². The Morgan fingerprint density at radius 3 is 2.67 bits per heavy atom. The van der Waals surface area contributed by atoms with Gasteiger partial charge in [-0.2, -0.15) is 0 Å². The Bertz CT molecular complexity index is 728. The molecule has 0 aliphatic heterocycles. The van der Waals surface area contributed by atoms with E-state index in [1.165, 1.54) is 11.1 Å². The fraction of sp³-hybridized carbons (Fsp3) is 0.143. The molecule has 0 fully saturated rings. The summed E-state index contributed by atoms with van der Waals surface area (Å²) < 4.78 is 1.92. The SMILES string of the molecule is Cc1ccc(-c2nnc3ccc(N)cn23)c(C)c1. The highest BCUT2D eigenvalue weighted by atomic mass is 15.2. The number of nitrogens with two attached hydrogens (primary N) is 1. The fourth-order valence-electron chi connectivity index (χ4n) is 2.16. The first-order valence-corrected chi connectivity index (χ1v) is 5.83. The Morgan fingerprint density at radius 1 is 1.06 bits per heavy atom. The highest BCUT2D eigenvalue weighted by Crippen LogP contribution is 2.23. The van der Waals surface area contributed by atoms with Crippen molar-refractivity contribution in [1.29, 1.82) is 0 Å². The van der Waals surface area contributed by atoms with Crippen molar-refractivity contribution in [1.82, 2.24) is 14.6 Å². The first-order chi connectivity index (χ1) is 8.65. The zero-order valence-electron chi connectivity index (χ0n) is 10.4. The van der Waals surface area contributed by atoms with Gasteiger partial charge in [0.15, 0.2) is 11.5 Å². The minimum atomic E-state index is 0.702. The number of hydrogen-bond donors (Lipinski definition) is 1. The number of hydrogen-bond acceptors (Lipinski definition) is 3. The van der Waals surface area contributed by atoms with Gasteiger partial charge in [-0.15, -0.1) is 10.2 Å². The van der Waals surface area contributed by atoms with Gasteiger partial charge >= 0.3 is 0 Å². The number of aromatic nitrogens is 3. The topological polar surface area (TPSA) is 56.2 Å². The summed E-state index contributed by atoms with van der Waals surface area (Å²) in [5.74, 6) is 0.829. The number of nitrogens with zero attached hydrogens (tertiary/aromatic N) is 3. The average Bonchev–Trinajstić information content (AvgIpc) is 2.72. The molecule has 0 aliphatic carbocycles. The number of rotatable bonds is 1. The van der Waals surface area contributed by atoms with Gasteiger partial charge in [-0.3, -0.25) is 4.40 Å². The molecular weight excluding hydrogens is 224 g/mol. The third-order valence-electron chi connectivity index (χ3n) is 3.05. The zero-order chi connectivity index (χ0) is 12.7. The second kappa shape index (κ2) is 3.84. The summed E-state index contributed by atoms with van der Waals surface area (Å²) in [5, 5.41) is 8.41. The van der Waals surface area contributed by atoms with E-state index >= 15 is 0 Å². The minimum Gasteiger partial charge on any atom is -0.398 e. The minimum absolute atomic E-state index is 0.702. The fourth-order valence-corrected chi connectivity index (χ4v) is 2.16. The molecule has 0 atom stereocenters. The van der Waals surface area contributed by atoms with Crippen LogP contribution in [-0.2, 0) is 0 Å². The Hall–Kier alpha value is -2.36. The number of nitrogen functional groups attached to an aromatic ring is 1. The van der Waals surface area contributed by atoms with E-state index in [1.807, 2.05) is 22.7 Å². The Balaban J connectivity index is 2.28. The average molecular weight is 238 g/mol. The zero-order valence-corrected chi connectivity index (χ0v) is 10.4. The maximum Gasteiger partial charge on any atom is 0.168 e. The lowest BCUT2D eigenvalue weighted by Crippen LogP contribution is -1.94. The highest BCUT2D eigenvalue weighted by Gasteiger charge is 2.10. The second-order valence-electron chi connectivity index (χ2n) is 4.53. The van der Waals surface area contributed by atoms with Crippen LogP contribution >= 0.6 is 0 Å². The van der Waals surface area contributed by atoms with Gasteiger partial charge in [0.2, 0.25) is 0 Å². The van der Waals surface area contributed by atoms with Gasteiger partial charge in [0.25, 0.3) is 0 Å². The molecular formula is C14H14N4. The first kappa shape index (κ1) is 10.8. The van der Waals surface area contributed by atoms with Gasteiger partial charge in [0.05, 0.1) is 0 Å². The van der Waals surface area contributed by atoms with Crippen molar-refractivity contribution in [3.63, 3.8) is 0 Å². The highest BCUT2D eigenvalue weighted by molar-refractivity contribution is 5.64. The van der Waals surface area contributed by atoms with Crippen molar-refractivity contribution in [3.8, 4) is 11.4 Å². The molecule has 3 aromatic rings. The van der Waals surface area contributed by atoms with E-state index in [9.17, 15) is 0 Å². The smallest absolute Gasteiger partial charge is 0.168 e. The Morgan fingerprint density at radius 2 is 1.89 bits per heavy atom. The Labute approximate surface area is 105 Å². The van der Waals surface area contributed by atoms with Crippen LogP contribution in [0.5, 0.6) is 0 Å². The van der Waals surface area contributed by atoms with Crippen LogP contribution in [0.25, 0.3) is 17.0 Å². The molecule has 18 heavy (non-hydrogen) atoms. The van der Waals surface area contributed by atoms with E-state index in [-0.39, 0.29) is 0 Å². The lowest BCUT2D eigenvalue weighted by atomic mass is 10.1. The monoisotopic (exact) mass is 238 g/mol. The van der Waals surface area contributed by atoms with Gasteiger partial charge in [0.1, 0.15) is 0 Å². The maximum absolute atomic E-state index is 5.82. The molecule has 2 N–H and O–H groups in total. The van der Waals surface area contributed by atoms with Crippen LogP contribution in [0.2, 0.25) is 0 Å². The van der Waals surface area contributed by atoms with E-state index in [2.05, 4.69) is 42.2 Å². The van der Waals surface area contributed by atoms with Crippen molar-refractivity contribution in [2.75, 3.05) is 5.73 Å². The molecule has 90 valence electrons. The van der Waals surface area contributed by atoms with Crippen molar-refractivity contribution in [2.45, 2.75) is 13.8 Å². The second-order valence-corrected chi connectivity index (χ2v) is 4.53. The molecule has 1 aromatic carbocycles. The normalized spacial score (nSPS) is 11.0.